The molecule has 0 aliphatic carbocycles. The van der Waals surface area contributed by atoms with Gasteiger partial charge in [-0.05, 0) is 47.7 Å². The van der Waals surface area contributed by atoms with Gasteiger partial charge >= 0.3 is 0 Å². The van der Waals surface area contributed by atoms with E-state index in [1.165, 1.54) is 35.0 Å². The van der Waals surface area contributed by atoms with Crippen LogP contribution in [0.5, 0.6) is 0 Å². The number of para-hydroxylation sites is 1. The molecule has 0 atom stereocenters. The van der Waals surface area contributed by atoms with Crippen LogP contribution in [0.1, 0.15) is 29.5 Å². The summed E-state index contributed by atoms with van der Waals surface area (Å²) in [5.41, 5.74) is 6.10. The Hall–Kier alpha value is -3.78. The normalized spacial score (nSPS) is 13.3. The van der Waals surface area contributed by atoms with Crippen LogP contribution in [-0.4, -0.2) is 42.9 Å². The lowest BCUT2D eigenvalue weighted by atomic mass is 10.00. The Balaban J connectivity index is 1.14. The Morgan fingerprint density at radius 2 is 1.73 bits per heavy atom. The second kappa shape index (κ2) is 10.3. The second-order valence-electron chi connectivity index (χ2n) is 9.28. The number of carbonyl (C=O) groups excluding carboxylic acids is 1. The van der Waals surface area contributed by atoms with Crippen LogP contribution in [0, 0.1) is 5.82 Å². The van der Waals surface area contributed by atoms with Gasteiger partial charge in [-0.3, -0.25) is 4.79 Å². The minimum Gasteiger partial charge on any atom is -0.338 e. The highest BCUT2D eigenvalue weighted by atomic mass is 32.2. The molecule has 0 radical (unpaired) electrons. The zero-order valence-electron chi connectivity index (χ0n) is 20.3. The molecule has 0 N–H and O–H groups in total. The summed E-state index contributed by atoms with van der Waals surface area (Å²) in [5, 5.41) is 10.5. The first-order valence-corrected chi connectivity index (χ1v) is 13.5. The second-order valence-corrected chi connectivity index (χ2v) is 10.3. The monoisotopic (exact) mass is 511 g/mol. The predicted molar refractivity (Wildman–Crippen MR) is 144 cm³/mol. The van der Waals surface area contributed by atoms with Crippen molar-refractivity contribution in [3.63, 3.8) is 0 Å². The van der Waals surface area contributed by atoms with Gasteiger partial charge in [0, 0.05) is 37.2 Å². The fourth-order valence-corrected chi connectivity index (χ4v) is 5.66. The van der Waals surface area contributed by atoms with Crippen LogP contribution >= 0.6 is 11.8 Å². The molecule has 3 aromatic carbocycles. The van der Waals surface area contributed by atoms with Gasteiger partial charge in [-0.1, -0.05) is 66.4 Å². The number of aromatic nitrogens is 4. The molecule has 1 aliphatic rings. The molecule has 0 spiro atoms. The van der Waals surface area contributed by atoms with Gasteiger partial charge < -0.3 is 9.47 Å². The zero-order chi connectivity index (χ0) is 25.2. The van der Waals surface area contributed by atoms with Crippen molar-refractivity contribution in [3.8, 4) is 0 Å². The first-order valence-electron chi connectivity index (χ1n) is 12.5. The topological polar surface area (TPSA) is 63.9 Å². The number of carbonyl (C=O) groups is 1. The summed E-state index contributed by atoms with van der Waals surface area (Å²) in [4.78, 5) is 19.6. The number of halogens is 1. The standard InChI is InChI=1S/C29H26FN5OS/c30-23-13-11-20(12-14-23)18-35-25-9-4-3-8-24(25)27-28(35)31-29(33-32-27)37-17-5-10-26(36)34-16-15-21-6-1-2-7-22(21)19-34/h1-4,6-9,11-14H,5,10,15-19H2. The van der Waals surface area contributed by atoms with E-state index in [4.69, 9.17) is 4.98 Å². The van der Waals surface area contributed by atoms with E-state index in [-0.39, 0.29) is 11.7 Å². The SMILES string of the molecule is O=C(CCCSc1nnc2c3ccccc3n(Cc3ccc(F)cc3)c2n1)N1CCc2ccccc2C1. The lowest BCUT2D eigenvalue weighted by Gasteiger charge is -2.29. The lowest BCUT2D eigenvalue weighted by molar-refractivity contribution is -0.132. The minimum atomic E-state index is -0.253. The van der Waals surface area contributed by atoms with Crippen LogP contribution in [0.15, 0.2) is 78.0 Å². The number of hydrogen-bond acceptors (Lipinski definition) is 5. The van der Waals surface area contributed by atoms with E-state index in [2.05, 4.69) is 33.0 Å². The first kappa shape index (κ1) is 23.6. The van der Waals surface area contributed by atoms with Crippen LogP contribution in [0.25, 0.3) is 22.1 Å². The number of nitrogens with zero attached hydrogens (tertiary/aromatic N) is 5. The smallest absolute Gasteiger partial charge is 0.222 e. The number of benzene rings is 3. The summed E-state index contributed by atoms with van der Waals surface area (Å²) in [5.74, 6) is 0.683. The highest BCUT2D eigenvalue weighted by Crippen LogP contribution is 2.28. The maximum absolute atomic E-state index is 13.4. The molecular formula is C29H26FN5OS. The van der Waals surface area contributed by atoms with Crippen LogP contribution in [0.4, 0.5) is 4.39 Å². The van der Waals surface area contributed by atoms with E-state index < -0.39 is 0 Å². The van der Waals surface area contributed by atoms with Gasteiger partial charge in [0.2, 0.25) is 11.1 Å². The van der Waals surface area contributed by atoms with Gasteiger partial charge in [0.15, 0.2) is 5.65 Å². The van der Waals surface area contributed by atoms with Crippen molar-refractivity contribution in [2.75, 3.05) is 12.3 Å². The number of hydrogen-bond donors (Lipinski definition) is 0. The molecule has 6 rings (SSSR count). The van der Waals surface area contributed by atoms with Crippen molar-refractivity contribution in [1.82, 2.24) is 24.6 Å². The summed E-state index contributed by atoms with van der Waals surface area (Å²) in [6, 6.07) is 22.9. The van der Waals surface area contributed by atoms with Crippen molar-refractivity contribution in [2.45, 2.75) is 37.5 Å². The summed E-state index contributed by atoms with van der Waals surface area (Å²) in [7, 11) is 0. The molecule has 2 aromatic heterocycles. The van der Waals surface area contributed by atoms with Crippen molar-refractivity contribution < 1.29 is 9.18 Å². The molecule has 5 aromatic rings. The maximum atomic E-state index is 13.4. The average molecular weight is 512 g/mol. The molecule has 1 aliphatic heterocycles. The Bertz CT molecular complexity index is 1580. The van der Waals surface area contributed by atoms with Gasteiger partial charge in [0.1, 0.15) is 11.3 Å². The third-order valence-corrected chi connectivity index (χ3v) is 7.78. The summed E-state index contributed by atoms with van der Waals surface area (Å²) >= 11 is 1.52. The largest absolute Gasteiger partial charge is 0.338 e. The number of thioether (sulfide) groups is 1. The van der Waals surface area contributed by atoms with Crippen LogP contribution in [-0.2, 0) is 24.3 Å². The third-order valence-electron chi connectivity index (χ3n) is 6.86. The molecule has 0 saturated carbocycles. The van der Waals surface area contributed by atoms with Crippen LogP contribution in [0.3, 0.4) is 0 Å². The molecular weight excluding hydrogens is 485 g/mol. The van der Waals surface area contributed by atoms with Gasteiger partial charge in [0.05, 0.1) is 5.52 Å². The van der Waals surface area contributed by atoms with Gasteiger partial charge in [0.25, 0.3) is 0 Å². The van der Waals surface area contributed by atoms with E-state index in [0.29, 0.717) is 24.7 Å². The van der Waals surface area contributed by atoms with Crippen molar-refractivity contribution in [2.24, 2.45) is 0 Å². The summed E-state index contributed by atoms with van der Waals surface area (Å²) in [6.07, 6.45) is 2.18. The zero-order valence-corrected chi connectivity index (χ0v) is 21.1. The molecule has 0 fully saturated rings. The van der Waals surface area contributed by atoms with Gasteiger partial charge in [-0.2, -0.15) is 0 Å². The minimum absolute atomic E-state index is 0.198. The Morgan fingerprint density at radius 1 is 0.946 bits per heavy atom. The average Bonchev–Trinajstić information content (AvgIpc) is 3.24. The van der Waals surface area contributed by atoms with Gasteiger partial charge in [-0.25, -0.2) is 9.37 Å². The molecule has 6 nitrogen and oxygen atoms in total. The molecule has 3 heterocycles. The van der Waals surface area contributed by atoms with Crippen LogP contribution in [0.2, 0.25) is 0 Å². The molecule has 186 valence electrons. The molecule has 1 amide bonds. The van der Waals surface area contributed by atoms with Crippen molar-refractivity contribution in [3.05, 3.63) is 95.3 Å². The van der Waals surface area contributed by atoms with E-state index in [1.807, 2.05) is 35.2 Å². The van der Waals surface area contributed by atoms with Gasteiger partial charge in [-0.15, -0.1) is 10.2 Å². The highest BCUT2D eigenvalue weighted by molar-refractivity contribution is 7.99. The molecule has 0 unspecified atom stereocenters. The third kappa shape index (κ3) is 4.93. The van der Waals surface area contributed by atoms with Crippen LogP contribution < -0.4 is 0 Å². The van der Waals surface area contributed by atoms with E-state index in [0.717, 1.165) is 52.8 Å². The number of amides is 1. The highest BCUT2D eigenvalue weighted by Gasteiger charge is 2.20. The molecule has 8 heteroatoms. The quantitative estimate of drug-likeness (QED) is 0.210. The Kier molecular flexibility index (Phi) is 6.57. The summed E-state index contributed by atoms with van der Waals surface area (Å²) in [6.45, 7) is 2.04. The predicted octanol–water partition coefficient (Wildman–Crippen LogP) is 5.62. The number of fused-ring (bicyclic) bond motifs is 4. The fraction of sp³-hybridized carbons (Fsp3) is 0.241. The van der Waals surface area contributed by atoms with E-state index >= 15 is 0 Å². The molecule has 0 bridgehead atoms. The molecule has 37 heavy (non-hydrogen) atoms. The maximum Gasteiger partial charge on any atom is 0.222 e. The van der Waals surface area contributed by atoms with E-state index in [1.54, 1.807) is 12.1 Å². The number of rotatable bonds is 7. The molecule has 0 saturated heterocycles. The Labute approximate surface area is 218 Å². The summed E-state index contributed by atoms with van der Waals surface area (Å²) < 4.78 is 15.5. The van der Waals surface area contributed by atoms with E-state index in [9.17, 15) is 9.18 Å². The first-order chi connectivity index (χ1) is 18.2. The fourth-order valence-electron chi connectivity index (χ4n) is 4.94. The Morgan fingerprint density at radius 3 is 2.59 bits per heavy atom. The van der Waals surface area contributed by atoms with Crippen molar-refractivity contribution >= 4 is 39.7 Å². The van der Waals surface area contributed by atoms with Crippen molar-refractivity contribution in [1.29, 1.82) is 0 Å². The lowest BCUT2D eigenvalue weighted by Crippen LogP contribution is -2.35.